The summed E-state index contributed by atoms with van der Waals surface area (Å²) < 4.78 is 5.71. The monoisotopic (exact) mass is 197 g/mol. The van der Waals surface area contributed by atoms with Gasteiger partial charge in [0.15, 0.2) is 0 Å². The van der Waals surface area contributed by atoms with Gasteiger partial charge in [-0.3, -0.25) is 4.79 Å². The topological polar surface area (TPSA) is 29.5 Å². The Balaban J connectivity index is 2.67. The van der Waals surface area contributed by atoms with Crippen molar-refractivity contribution >= 4 is 5.91 Å². The summed E-state index contributed by atoms with van der Waals surface area (Å²) in [5.74, 6) is 0.0794. The molecule has 0 aromatic heterocycles. The van der Waals surface area contributed by atoms with E-state index in [1.54, 1.807) is 12.2 Å². The van der Waals surface area contributed by atoms with Crippen molar-refractivity contribution in [1.82, 2.24) is 4.90 Å². The summed E-state index contributed by atoms with van der Waals surface area (Å²) in [6.45, 7) is 9.23. The van der Waals surface area contributed by atoms with Gasteiger partial charge in [0.25, 0.3) is 0 Å². The van der Waals surface area contributed by atoms with Gasteiger partial charge in [-0.15, -0.1) is 0 Å². The van der Waals surface area contributed by atoms with Gasteiger partial charge in [0.2, 0.25) is 5.91 Å². The molecule has 1 rings (SSSR count). The predicted molar refractivity (Wildman–Crippen MR) is 56.0 cm³/mol. The highest BCUT2D eigenvalue weighted by Crippen LogP contribution is 2.20. The number of morpholine rings is 1. The molecule has 0 radical (unpaired) electrons. The quantitative estimate of drug-likeness (QED) is 0.597. The van der Waals surface area contributed by atoms with Crippen molar-refractivity contribution in [2.24, 2.45) is 0 Å². The Hall–Kier alpha value is -0.830. The van der Waals surface area contributed by atoms with Crippen molar-refractivity contribution in [2.75, 3.05) is 13.1 Å². The van der Waals surface area contributed by atoms with Crippen molar-refractivity contribution in [3.63, 3.8) is 0 Å². The molecule has 0 aromatic rings. The van der Waals surface area contributed by atoms with Crippen LogP contribution in [-0.2, 0) is 9.53 Å². The van der Waals surface area contributed by atoms with Crippen LogP contribution in [0.5, 0.6) is 0 Å². The number of carbonyl (C=O) groups is 1. The fourth-order valence-electron chi connectivity index (χ4n) is 1.87. The first-order chi connectivity index (χ1) is 6.44. The maximum Gasteiger partial charge on any atom is 0.246 e. The van der Waals surface area contributed by atoms with Crippen LogP contribution in [0.3, 0.4) is 0 Å². The van der Waals surface area contributed by atoms with Crippen molar-refractivity contribution in [3.05, 3.63) is 12.2 Å². The summed E-state index contributed by atoms with van der Waals surface area (Å²) in [6, 6.07) is 0. The summed E-state index contributed by atoms with van der Waals surface area (Å²) >= 11 is 0. The van der Waals surface area contributed by atoms with Crippen molar-refractivity contribution in [2.45, 2.75) is 39.4 Å². The Morgan fingerprint density at radius 3 is 2.71 bits per heavy atom. The molecule has 1 aliphatic rings. The van der Waals surface area contributed by atoms with Gasteiger partial charge in [-0.2, -0.15) is 0 Å². The van der Waals surface area contributed by atoms with Gasteiger partial charge < -0.3 is 9.64 Å². The summed E-state index contributed by atoms with van der Waals surface area (Å²) in [6.07, 6.45) is 3.50. The summed E-state index contributed by atoms with van der Waals surface area (Å²) in [4.78, 5) is 13.5. The van der Waals surface area contributed by atoms with E-state index in [0.717, 1.165) is 0 Å². The van der Waals surface area contributed by atoms with Gasteiger partial charge in [0.05, 0.1) is 11.7 Å². The molecular weight excluding hydrogens is 178 g/mol. The molecule has 1 aliphatic heterocycles. The Labute approximate surface area is 85.7 Å². The normalized spacial score (nSPS) is 26.9. The van der Waals surface area contributed by atoms with Gasteiger partial charge in [-0.05, 0) is 33.8 Å². The first-order valence-corrected chi connectivity index (χ1v) is 5.04. The van der Waals surface area contributed by atoms with Crippen LogP contribution in [-0.4, -0.2) is 35.6 Å². The average molecular weight is 197 g/mol. The van der Waals surface area contributed by atoms with Crippen LogP contribution in [0.15, 0.2) is 12.2 Å². The van der Waals surface area contributed by atoms with Gasteiger partial charge in [-0.25, -0.2) is 0 Å². The molecule has 1 unspecified atom stereocenters. The molecule has 0 spiro atoms. The van der Waals surface area contributed by atoms with E-state index in [9.17, 15) is 4.79 Å². The minimum atomic E-state index is -0.227. The molecule has 1 fully saturated rings. The lowest BCUT2D eigenvalue weighted by Gasteiger charge is -2.41. The second-order valence-corrected chi connectivity index (χ2v) is 4.41. The fourth-order valence-corrected chi connectivity index (χ4v) is 1.87. The van der Waals surface area contributed by atoms with Crippen molar-refractivity contribution < 1.29 is 9.53 Å². The van der Waals surface area contributed by atoms with Crippen LogP contribution < -0.4 is 0 Å². The highest BCUT2D eigenvalue weighted by atomic mass is 16.5. The first-order valence-electron chi connectivity index (χ1n) is 5.04. The van der Waals surface area contributed by atoms with Gasteiger partial charge in [-0.1, -0.05) is 6.08 Å². The van der Waals surface area contributed by atoms with E-state index in [1.165, 1.54) is 0 Å². The van der Waals surface area contributed by atoms with Crippen LogP contribution in [0.2, 0.25) is 0 Å². The molecule has 14 heavy (non-hydrogen) atoms. The Morgan fingerprint density at radius 2 is 2.21 bits per heavy atom. The molecule has 0 bridgehead atoms. The third-order valence-corrected chi connectivity index (χ3v) is 2.19. The molecule has 80 valence electrons. The van der Waals surface area contributed by atoms with E-state index in [4.69, 9.17) is 4.74 Å². The molecule has 3 heteroatoms. The number of hydrogen-bond donors (Lipinski definition) is 0. The molecule has 1 saturated heterocycles. The molecule has 0 aliphatic carbocycles. The molecule has 0 aromatic carbocycles. The van der Waals surface area contributed by atoms with E-state index < -0.39 is 0 Å². The number of ether oxygens (including phenoxy) is 1. The van der Waals surface area contributed by atoms with Crippen LogP contribution >= 0.6 is 0 Å². The van der Waals surface area contributed by atoms with Gasteiger partial charge in [0.1, 0.15) is 0 Å². The number of hydrogen-bond acceptors (Lipinski definition) is 2. The van der Waals surface area contributed by atoms with Crippen LogP contribution in [0.1, 0.15) is 27.7 Å². The molecule has 0 saturated carbocycles. The molecular formula is C11H19NO2. The van der Waals surface area contributed by atoms with E-state index in [0.29, 0.717) is 13.1 Å². The minimum Gasteiger partial charge on any atom is -0.369 e. The van der Waals surface area contributed by atoms with E-state index in [-0.39, 0.29) is 17.6 Å². The maximum absolute atomic E-state index is 11.6. The SMILES string of the molecule is CC=CC(=O)N1CC(C)OC(C)(C)C1. The number of carbonyl (C=O) groups excluding carboxylic acids is 1. The van der Waals surface area contributed by atoms with E-state index in [2.05, 4.69) is 0 Å². The number of nitrogens with zero attached hydrogens (tertiary/aromatic N) is 1. The highest BCUT2D eigenvalue weighted by Gasteiger charge is 2.32. The van der Waals surface area contributed by atoms with Crippen LogP contribution in [0.25, 0.3) is 0 Å². The highest BCUT2D eigenvalue weighted by molar-refractivity contribution is 5.87. The largest absolute Gasteiger partial charge is 0.369 e. The smallest absolute Gasteiger partial charge is 0.246 e. The Kier molecular flexibility index (Phi) is 3.32. The zero-order valence-corrected chi connectivity index (χ0v) is 9.41. The average Bonchev–Trinajstić information content (AvgIpc) is 2.00. The van der Waals surface area contributed by atoms with Crippen molar-refractivity contribution in [3.8, 4) is 0 Å². The number of amides is 1. The second-order valence-electron chi connectivity index (χ2n) is 4.41. The standard InChI is InChI=1S/C11H19NO2/c1-5-6-10(13)12-7-9(2)14-11(3,4)8-12/h5-6,9H,7-8H2,1-4H3. The zero-order valence-electron chi connectivity index (χ0n) is 9.41. The predicted octanol–water partition coefficient (Wildman–Crippen LogP) is 1.59. The van der Waals surface area contributed by atoms with Crippen molar-refractivity contribution in [1.29, 1.82) is 0 Å². The summed E-state index contributed by atoms with van der Waals surface area (Å²) in [7, 11) is 0. The Morgan fingerprint density at radius 1 is 1.57 bits per heavy atom. The number of allylic oxidation sites excluding steroid dienone is 1. The third kappa shape index (κ3) is 2.84. The molecule has 3 nitrogen and oxygen atoms in total. The van der Waals surface area contributed by atoms with Gasteiger partial charge >= 0.3 is 0 Å². The minimum absolute atomic E-state index is 0.0794. The summed E-state index contributed by atoms with van der Waals surface area (Å²) in [5, 5.41) is 0. The van der Waals surface area contributed by atoms with Crippen LogP contribution in [0.4, 0.5) is 0 Å². The lowest BCUT2D eigenvalue weighted by molar-refractivity contribution is -0.153. The molecule has 1 atom stereocenters. The Bertz CT molecular complexity index is 246. The van der Waals surface area contributed by atoms with Crippen LogP contribution in [0, 0.1) is 0 Å². The van der Waals surface area contributed by atoms with E-state index >= 15 is 0 Å². The summed E-state index contributed by atoms with van der Waals surface area (Å²) in [5.41, 5.74) is -0.227. The lowest BCUT2D eigenvalue weighted by Crippen LogP contribution is -2.53. The zero-order chi connectivity index (χ0) is 10.8. The number of rotatable bonds is 1. The third-order valence-electron chi connectivity index (χ3n) is 2.19. The molecule has 0 N–H and O–H groups in total. The fraction of sp³-hybridized carbons (Fsp3) is 0.727. The maximum atomic E-state index is 11.6. The van der Waals surface area contributed by atoms with Gasteiger partial charge in [0, 0.05) is 13.1 Å². The second kappa shape index (κ2) is 4.13. The first kappa shape index (κ1) is 11.2. The lowest BCUT2D eigenvalue weighted by atomic mass is 10.1. The van der Waals surface area contributed by atoms with E-state index in [1.807, 2.05) is 32.6 Å². The molecule has 1 amide bonds. The molecule has 1 heterocycles.